The van der Waals surface area contributed by atoms with Gasteiger partial charge in [-0.05, 0) is 23.7 Å². The van der Waals surface area contributed by atoms with Gasteiger partial charge in [-0.25, -0.2) is 0 Å². The first kappa shape index (κ1) is 18.7. The fourth-order valence-electron chi connectivity index (χ4n) is 1.52. The first-order valence-electron chi connectivity index (χ1n) is 6.91. The molecule has 1 aromatic rings. The molecule has 0 bridgehead atoms. The van der Waals surface area contributed by atoms with E-state index in [9.17, 15) is 13.2 Å². The lowest BCUT2D eigenvalue weighted by Gasteiger charge is -2.36. The zero-order valence-corrected chi connectivity index (χ0v) is 14.5. The van der Waals surface area contributed by atoms with Gasteiger partial charge in [0.1, 0.15) is 0 Å². The molecule has 124 valence electrons. The van der Waals surface area contributed by atoms with Crippen molar-refractivity contribution in [2.75, 3.05) is 0 Å². The zero-order chi connectivity index (χ0) is 17.2. The van der Waals surface area contributed by atoms with E-state index in [1.165, 1.54) is 12.1 Å². The molecule has 1 N–H and O–H groups in total. The van der Waals surface area contributed by atoms with Crippen LogP contribution in [-0.4, -0.2) is 25.4 Å². The molecule has 0 aromatic heterocycles. The van der Waals surface area contributed by atoms with Crippen LogP contribution < -0.4 is 0 Å². The zero-order valence-electron chi connectivity index (χ0n) is 13.5. The fraction of sp³-hybridized carbons (Fsp3) is 0.533. The Morgan fingerprint density at radius 2 is 1.64 bits per heavy atom. The van der Waals surface area contributed by atoms with E-state index in [0.29, 0.717) is 6.61 Å². The summed E-state index contributed by atoms with van der Waals surface area (Å²) in [6.45, 7) is 10.9. The fourth-order valence-corrected chi connectivity index (χ4v) is 2.48. The summed E-state index contributed by atoms with van der Waals surface area (Å²) >= 11 is 0. The van der Waals surface area contributed by atoms with Crippen LogP contribution in [0.3, 0.4) is 0 Å². The lowest BCUT2D eigenvalue weighted by atomic mass is 10.1. The monoisotopic (exact) mass is 333 g/mol. The number of benzene rings is 1. The van der Waals surface area contributed by atoms with Gasteiger partial charge in [-0.3, -0.25) is 0 Å². The van der Waals surface area contributed by atoms with Crippen LogP contribution in [0.4, 0.5) is 13.2 Å². The molecule has 0 heterocycles. The smallest absolute Gasteiger partial charge is 0.413 e. The topological polar surface area (TPSA) is 41.8 Å². The quantitative estimate of drug-likeness (QED) is 0.367. The molecular formula is C15H22F3NO2Si. The first-order chi connectivity index (χ1) is 9.88. The lowest BCUT2D eigenvalue weighted by molar-refractivity contribution is -0.0601. The summed E-state index contributed by atoms with van der Waals surface area (Å²) < 4.78 is 43.9. The molecule has 0 atom stereocenters. The molecular weight excluding hydrogens is 311 g/mol. The number of nitrogens with zero attached hydrogens (tertiary/aromatic N) is 1. The molecule has 0 saturated heterocycles. The van der Waals surface area contributed by atoms with Crippen LogP contribution in [0.15, 0.2) is 29.4 Å². The molecule has 3 nitrogen and oxygen atoms in total. The van der Waals surface area contributed by atoms with E-state index in [4.69, 9.17) is 9.63 Å². The molecule has 0 amide bonds. The predicted molar refractivity (Wildman–Crippen MR) is 82.8 cm³/mol. The van der Waals surface area contributed by atoms with E-state index in [1.54, 1.807) is 12.1 Å². The number of alkyl halides is 3. The Balaban J connectivity index is 2.83. The molecule has 7 heteroatoms. The van der Waals surface area contributed by atoms with Crippen LogP contribution in [0.1, 0.15) is 31.9 Å². The summed E-state index contributed by atoms with van der Waals surface area (Å²) in [6.07, 6.45) is -4.69. The summed E-state index contributed by atoms with van der Waals surface area (Å²) in [4.78, 5) is 0. The van der Waals surface area contributed by atoms with E-state index in [0.717, 1.165) is 5.56 Å². The molecule has 1 rings (SSSR count). The van der Waals surface area contributed by atoms with Gasteiger partial charge in [0.2, 0.25) is 0 Å². The average Bonchev–Trinajstić information content (AvgIpc) is 2.35. The highest BCUT2D eigenvalue weighted by molar-refractivity contribution is 6.74. The van der Waals surface area contributed by atoms with Gasteiger partial charge in [0, 0.05) is 5.56 Å². The highest BCUT2D eigenvalue weighted by atomic mass is 28.4. The van der Waals surface area contributed by atoms with Gasteiger partial charge >= 0.3 is 6.18 Å². The molecule has 0 aliphatic carbocycles. The van der Waals surface area contributed by atoms with Crippen molar-refractivity contribution < 1.29 is 22.8 Å². The number of hydrogen-bond acceptors (Lipinski definition) is 3. The predicted octanol–water partition coefficient (Wildman–Crippen LogP) is 4.95. The van der Waals surface area contributed by atoms with E-state index < -0.39 is 20.2 Å². The molecule has 0 aliphatic rings. The Morgan fingerprint density at radius 3 is 2.00 bits per heavy atom. The van der Waals surface area contributed by atoms with Crippen LogP contribution in [0.5, 0.6) is 0 Å². The second-order valence-electron chi connectivity index (χ2n) is 6.69. The maximum absolute atomic E-state index is 12.6. The van der Waals surface area contributed by atoms with Crippen molar-refractivity contribution in [2.24, 2.45) is 5.16 Å². The third-order valence-electron chi connectivity index (χ3n) is 4.00. The molecule has 1 aromatic carbocycles. The van der Waals surface area contributed by atoms with Crippen molar-refractivity contribution >= 4 is 14.0 Å². The SMILES string of the molecule is CC(C)(C)[Si](C)(C)OCc1ccc(/C(=N\O)C(F)(F)F)cc1. The van der Waals surface area contributed by atoms with Crippen LogP contribution in [0, 0.1) is 0 Å². The van der Waals surface area contributed by atoms with Gasteiger partial charge < -0.3 is 9.63 Å². The van der Waals surface area contributed by atoms with Gasteiger partial charge in [0.25, 0.3) is 0 Å². The standard InChI is InChI=1S/C15H22F3NO2Si/c1-14(2,3)22(4,5)21-10-11-6-8-12(9-7-11)13(19-20)15(16,17)18/h6-9,20H,10H2,1-5H3/b19-13+. The average molecular weight is 333 g/mol. The second-order valence-corrected chi connectivity index (χ2v) is 11.5. The van der Waals surface area contributed by atoms with Crippen LogP contribution >= 0.6 is 0 Å². The van der Waals surface area contributed by atoms with Crippen LogP contribution in [0.25, 0.3) is 0 Å². The molecule has 0 saturated carbocycles. The van der Waals surface area contributed by atoms with Crippen molar-refractivity contribution in [1.82, 2.24) is 0 Å². The maximum atomic E-state index is 12.6. The molecule has 0 unspecified atom stereocenters. The minimum Gasteiger partial charge on any atom is -0.413 e. The number of halogens is 3. The van der Waals surface area contributed by atoms with Crippen molar-refractivity contribution in [2.45, 2.75) is 51.7 Å². The highest BCUT2D eigenvalue weighted by Gasteiger charge is 2.38. The molecule has 0 fully saturated rings. The van der Waals surface area contributed by atoms with Crippen molar-refractivity contribution in [1.29, 1.82) is 0 Å². The Kier molecular flexibility index (Phi) is 5.45. The summed E-state index contributed by atoms with van der Waals surface area (Å²) in [5.41, 5.74) is -0.691. The molecule has 0 radical (unpaired) electrons. The summed E-state index contributed by atoms with van der Waals surface area (Å²) in [5, 5.41) is 10.9. The van der Waals surface area contributed by atoms with Crippen molar-refractivity contribution in [3.63, 3.8) is 0 Å². The second kappa shape index (κ2) is 6.42. The lowest BCUT2D eigenvalue weighted by Crippen LogP contribution is -2.40. The summed E-state index contributed by atoms with van der Waals surface area (Å²) in [6, 6.07) is 5.68. The minimum atomic E-state index is -4.69. The van der Waals surface area contributed by atoms with Gasteiger partial charge in [-0.1, -0.05) is 50.2 Å². The Bertz CT molecular complexity index is 531. The molecule has 0 spiro atoms. The van der Waals surface area contributed by atoms with Crippen LogP contribution in [-0.2, 0) is 11.0 Å². The van der Waals surface area contributed by atoms with Crippen molar-refractivity contribution in [3.05, 3.63) is 35.4 Å². The molecule has 22 heavy (non-hydrogen) atoms. The largest absolute Gasteiger partial charge is 0.437 e. The normalized spacial score (nSPS) is 14.3. The third kappa shape index (κ3) is 4.57. The van der Waals surface area contributed by atoms with Crippen molar-refractivity contribution in [3.8, 4) is 0 Å². The number of rotatable bonds is 4. The number of hydrogen-bond donors (Lipinski definition) is 1. The first-order valence-corrected chi connectivity index (χ1v) is 9.82. The minimum absolute atomic E-state index is 0.0694. The van der Waals surface area contributed by atoms with E-state index in [2.05, 4.69) is 39.0 Å². The third-order valence-corrected chi connectivity index (χ3v) is 8.48. The Labute approximate surface area is 129 Å². The van der Waals surface area contributed by atoms with Gasteiger partial charge in [0.15, 0.2) is 14.0 Å². The van der Waals surface area contributed by atoms with Gasteiger partial charge in [-0.15, -0.1) is 0 Å². The highest BCUT2D eigenvalue weighted by Crippen LogP contribution is 2.37. The maximum Gasteiger partial charge on any atom is 0.437 e. The van der Waals surface area contributed by atoms with Gasteiger partial charge in [0.05, 0.1) is 6.61 Å². The Hall–Kier alpha value is -1.34. The van der Waals surface area contributed by atoms with E-state index in [1.807, 2.05) is 0 Å². The van der Waals surface area contributed by atoms with Gasteiger partial charge in [-0.2, -0.15) is 13.2 Å². The van der Waals surface area contributed by atoms with E-state index >= 15 is 0 Å². The van der Waals surface area contributed by atoms with E-state index in [-0.39, 0.29) is 10.6 Å². The molecule has 0 aliphatic heterocycles. The van der Waals surface area contributed by atoms with Crippen LogP contribution in [0.2, 0.25) is 18.1 Å². The number of oxime groups is 1. The summed E-state index contributed by atoms with van der Waals surface area (Å²) in [7, 11) is -1.90. The Morgan fingerprint density at radius 1 is 1.14 bits per heavy atom. The summed E-state index contributed by atoms with van der Waals surface area (Å²) in [5.74, 6) is 0.